The van der Waals surface area contributed by atoms with E-state index < -0.39 is 10.0 Å². The summed E-state index contributed by atoms with van der Waals surface area (Å²) in [6.45, 7) is 2.93. The first kappa shape index (κ1) is 12.8. The van der Waals surface area contributed by atoms with Crippen LogP contribution in [0.5, 0.6) is 0 Å². The lowest BCUT2D eigenvalue weighted by atomic mass is 10.0. The Balaban J connectivity index is 2.23. The fourth-order valence-corrected chi connectivity index (χ4v) is 3.64. The average Bonchev–Trinajstić information content (AvgIpc) is 2.33. The second-order valence-electron chi connectivity index (χ2n) is 4.33. The number of aromatic nitrogens is 1. The number of halogens is 1. The average molecular weight is 275 g/mol. The molecule has 1 aromatic heterocycles. The van der Waals surface area contributed by atoms with Gasteiger partial charge in [-0.05, 0) is 24.5 Å². The number of hydrogen-bond acceptors (Lipinski definition) is 3. The SMILES string of the molecule is CC1CN(S(=O)(=O)c2cccnc2)CCC1Cl. The van der Waals surface area contributed by atoms with Gasteiger partial charge in [0, 0.05) is 30.9 Å². The third-order valence-corrected chi connectivity index (χ3v) is 5.53. The van der Waals surface area contributed by atoms with Crippen LogP contribution in [-0.2, 0) is 10.0 Å². The topological polar surface area (TPSA) is 50.3 Å². The Morgan fingerprint density at radius 1 is 1.53 bits per heavy atom. The summed E-state index contributed by atoms with van der Waals surface area (Å²) in [4.78, 5) is 4.10. The number of nitrogens with zero attached hydrogens (tertiary/aromatic N) is 2. The summed E-state index contributed by atoms with van der Waals surface area (Å²) in [7, 11) is -3.41. The van der Waals surface area contributed by atoms with Gasteiger partial charge < -0.3 is 0 Å². The van der Waals surface area contributed by atoms with Crippen LogP contribution in [0.3, 0.4) is 0 Å². The second-order valence-corrected chi connectivity index (χ2v) is 6.83. The highest BCUT2D eigenvalue weighted by atomic mass is 35.5. The van der Waals surface area contributed by atoms with Crippen LogP contribution in [-0.4, -0.2) is 36.2 Å². The van der Waals surface area contributed by atoms with Crippen molar-refractivity contribution in [1.29, 1.82) is 0 Å². The van der Waals surface area contributed by atoms with Crippen molar-refractivity contribution in [2.24, 2.45) is 5.92 Å². The van der Waals surface area contributed by atoms with E-state index in [0.717, 1.165) is 0 Å². The molecule has 0 amide bonds. The first-order valence-corrected chi connectivity index (χ1v) is 7.43. The first-order chi connectivity index (χ1) is 8.01. The van der Waals surface area contributed by atoms with Crippen LogP contribution in [0.1, 0.15) is 13.3 Å². The quantitative estimate of drug-likeness (QED) is 0.772. The molecule has 6 heteroatoms. The van der Waals surface area contributed by atoms with Crippen LogP contribution in [0.2, 0.25) is 0 Å². The third-order valence-electron chi connectivity index (χ3n) is 3.04. The number of rotatable bonds is 2. The first-order valence-electron chi connectivity index (χ1n) is 5.56. The molecule has 0 bridgehead atoms. The van der Waals surface area contributed by atoms with Crippen LogP contribution in [0.15, 0.2) is 29.4 Å². The molecule has 0 aromatic carbocycles. The summed E-state index contributed by atoms with van der Waals surface area (Å²) in [6, 6.07) is 3.20. The molecule has 17 heavy (non-hydrogen) atoms. The predicted octanol–water partition coefficient (Wildman–Crippen LogP) is 1.72. The van der Waals surface area contributed by atoms with Gasteiger partial charge in [0.15, 0.2) is 0 Å². The molecule has 2 rings (SSSR count). The Labute approximate surface area is 107 Å². The molecule has 1 saturated heterocycles. The lowest BCUT2D eigenvalue weighted by molar-refractivity contribution is 0.286. The summed E-state index contributed by atoms with van der Waals surface area (Å²) in [5, 5.41) is 0.0651. The number of hydrogen-bond donors (Lipinski definition) is 0. The summed E-state index contributed by atoms with van der Waals surface area (Å²) >= 11 is 6.09. The maximum atomic E-state index is 12.3. The standard InChI is InChI=1S/C11H15ClN2O2S/c1-9-8-14(6-4-11(9)12)17(15,16)10-3-2-5-13-7-10/h2-3,5,7,9,11H,4,6,8H2,1H3. The molecule has 1 aliphatic heterocycles. The van der Waals surface area contributed by atoms with E-state index in [0.29, 0.717) is 19.5 Å². The minimum Gasteiger partial charge on any atom is -0.263 e. The molecular formula is C11H15ClN2O2S. The van der Waals surface area contributed by atoms with Crippen LogP contribution in [0, 0.1) is 5.92 Å². The monoisotopic (exact) mass is 274 g/mol. The highest BCUT2D eigenvalue weighted by Crippen LogP contribution is 2.26. The Morgan fingerprint density at radius 3 is 2.88 bits per heavy atom. The Morgan fingerprint density at radius 2 is 2.29 bits per heavy atom. The summed E-state index contributed by atoms with van der Waals surface area (Å²) in [5.41, 5.74) is 0. The van der Waals surface area contributed by atoms with E-state index in [4.69, 9.17) is 11.6 Å². The van der Waals surface area contributed by atoms with Gasteiger partial charge in [-0.1, -0.05) is 6.92 Å². The molecule has 2 unspecified atom stereocenters. The van der Waals surface area contributed by atoms with Crippen molar-refractivity contribution >= 4 is 21.6 Å². The van der Waals surface area contributed by atoms with Crippen molar-refractivity contribution in [3.8, 4) is 0 Å². The van der Waals surface area contributed by atoms with E-state index in [1.807, 2.05) is 6.92 Å². The van der Waals surface area contributed by atoms with Gasteiger partial charge in [0.1, 0.15) is 4.90 Å². The van der Waals surface area contributed by atoms with Gasteiger partial charge in [0.2, 0.25) is 10.0 Å². The zero-order chi connectivity index (χ0) is 12.5. The minimum absolute atomic E-state index is 0.0651. The van der Waals surface area contributed by atoms with E-state index in [1.54, 1.807) is 18.3 Å². The molecule has 0 N–H and O–H groups in total. The number of piperidine rings is 1. The van der Waals surface area contributed by atoms with Crippen LogP contribution in [0.25, 0.3) is 0 Å². The van der Waals surface area contributed by atoms with Crippen molar-refractivity contribution in [1.82, 2.24) is 9.29 Å². The molecule has 2 heterocycles. The zero-order valence-corrected chi connectivity index (χ0v) is 11.2. The largest absolute Gasteiger partial charge is 0.263 e. The van der Waals surface area contributed by atoms with E-state index in [-0.39, 0.29) is 16.2 Å². The molecule has 0 saturated carbocycles. The smallest absolute Gasteiger partial charge is 0.244 e. The van der Waals surface area contributed by atoms with Gasteiger partial charge in [0.05, 0.1) is 0 Å². The molecule has 1 aliphatic rings. The molecule has 1 aromatic rings. The number of pyridine rings is 1. The Kier molecular flexibility index (Phi) is 3.70. The van der Waals surface area contributed by atoms with Gasteiger partial charge in [-0.3, -0.25) is 4.98 Å². The highest BCUT2D eigenvalue weighted by molar-refractivity contribution is 7.89. The van der Waals surface area contributed by atoms with Crippen LogP contribution >= 0.6 is 11.6 Å². The zero-order valence-electron chi connectivity index (χ0n) is 9.58. The van der Waals surface area contributed by atoms with Gasteiger partial charge in [-0.25, -0.2) is 8.42 Å². The van der Waals surface area contributed by atoms with Crippen LogP contribution in [0.4, 0.5) is 0 Å². The van der Waals surface area contributed by atoms with Gasteiger partial charge in [0.25, 0.3) is 0 Å². The van der Waals surface area contributed by atoms with E-state index in [9.17, 15) is 8.42 Å². The molecule has 0 radical (unpaired) electrons. The predicted molar refractivity (Wildman–Crippen MR) is 66.4 cm³/mol. The Hall–Kier alpha value is -0.650. The van der Waals surface area contributed by atoms with Crippen molar-refractivity contribution in [3.63, 3.8) is 0 Å². The van der Waals surface area contributed by atoms with Crippen molar-refractivity contribution in [2.45, 2.75) is 23.6 Å². The molecule has 0 spiro atoms. The fourth-order valence-electron chi connectivity index (χ4n) is 1.95. The van der Waals surface area contributed by atoms with Crippen LogP contribution < -0.4 is 0 Å². The maximum Gasteiger partial charge on any atom is 0.244 e. The lowest BCUT2D eigenvalue weighted by Crippen LogP contribution is -2.43. The van der Waals surface area contributed by atoms with Gasteiger partial charge in [-0.2, -0.15) is 4.31 Å². The summed E-state index contributed by atoms with van der Waals surface area (Å²) < 4.78 is 26.1. The Bertz CT molecular complexity index is 478. The fraction of sp³-hybridized carbons (Fsp3) is 0.545. The maximum absolute atomic E-state index is 12.3. The molecule has 2 atom stereocenters. The second kappa shape index (κ2) is 4.92. The van der Waals surface area contributed by atoms with Gasteiger partial charge >= 0.3 is 0 Å². The van der Waals surface area contributed by atoms with E-state index >= 15 is 0 Å². The third kappa shape index (κ3) is 2.61. The molecular weight excluding hydrogens is 260 g/mol. The summed E-state index contributed by atoms with van der Waals surface area (Å²) in [5.74, 6) is 0.178. The number of alkyl halides is 1. The molecule has 4 nitrogen and oxygen atoms in total. The molecule has 0 aliphatic carbocycles. The van der Waals surface area contributed by atoms with E-state index in [2.05, 4.69) is 4.98 Å². The van der Waals surface area contributed by atoms with Crippen molar-refractivity contribution < 1.29 is 8.42 Å². The molecule has 94 valence electrons. The number of sulfonamides is 1. The van der Waals surface area contributed by atoms with Gasteiger partial charge in [-0.15, -0.1) is 11.6 Å². The molecule has 1 fully saturated rings. The van der Waals surface area contributed by atoms with Crippen molar-refractivity contribution in [3.05, 3.63) is 24.5 Å². The lowest BCUT2D eigenvalue weighted by Gasteiger charge is -2.33. The van der Waals surface area contributed by atoms with Crippen molar-refractivity contribution in [2.75, 3.05) is 13.1 Å². The normalized spacial score (nSPS) is 26.9. The summed E-state index contributed by atoms with van der Waals surface area (Å²) in [6.07, 6.45) is 3.64. The highest BCUT2D eigenvalue weighted by Gasteiger charge is 2.32. The minimum atomic E-state index is -3.41. The van der Waals surface area contributed by atoms with E-state index in [1.165, 1.54) is 10.5 Å².